The highest BCUT2D eigenvalue weighted by Crippen LogP contribution is 2.12. The molecule has 0 bridgehead atoms. The average molecular weight is 160 g/mol. The summed E-state index contributed by atoms with van der Waals surface area (Å²) in [5.74, 6) is 0. The van der Waals surface area contributed by atoms with Crippen molar-refractivity contribution in [2.45, 2.75) is 20.8 Å². The molecule has 0 fully saturated rings. The fourth-order valence-corrected chi connectivity index (χ4v) is 0.534. The maximum atomic E-state index is 9.69. The van der Waals surface area contributed by atoms with Gasteiger partial charge in [0.05, 0.1) is 13.2 Å². The SMILES string of the molecule is CC(C)(C)COCCOC=O. The number of hydrogen-bond acceptors (Lipinski definition) is 3. The molecule has 0 heterocycles. The van der Waals surface area contributed by atoms with Gasteiger partial charge in [0.25, 0.3) is 6.47 Å². The van der Waals surface area contributed by atoms with Crippen molar-refractivity contribution in [1.82, 2.24) is 0 Å². The van der Waals surface area contributed by atoms with Gasteiger partial charge < -0.3 is 9.47 Å². The summed E-state index contributed by atoms with van der Waals surface area (Å²) in [5, 5.41) is 0. The van der Waals surface area contributed by atoms with Crippen LogP contribution in [0.25, 0.3) is 0 Å². The Labute approximate surface area is 67.7 Å². The number of rotatable bonds is 5. The first kappa shape index (κ1) is 10.4. The zero-order valence-electron chi connectivity index (χ0n) is 7.42. The first-order chi connectivity index (χ1) is 5.06. The highest BCUT2D eigenvalue weighted by Gasteiger charge is 2.09. The summed E-state index contributed by atoms with van der Waals surface area (Å²) in [6.45, 7) is 8.22. The molecule has 0 spiro atoms. The van der Waals surface area contributed by atoms with Crippen LogP contribution in [0.15, 0.2) is 0 Å². The first-order valence-electron chi connectivity index (χ1n) is 3.69. The Morgan fingerprint density at radius 3 is 2.36 bits per heavy atom. The molecular formula is C8H16O3. The molecule has 0 atom stereocenters. The van der Waals surface area contributed by atoms with Crippen LogP contribution in [0.1, 0.15) is 20.8 Å². The van der Waals surface area contributed by atoms with Crippen molar-refractivity contribution in [3.63, 3.8) is 0 Å². The fourth-order valence-electron chi connectivity index (χ4n) is 0.534. The topological polar surface area (TPSA) is 35.5 Å². The summed E-state index contributed by atoms with van der Waals surface area (Å²) in [4.78, 5) is 9.69. The van der Waals surface area contributed by atoms with E-state index in [1.165, 1.54) is 0 Å². The quantitative estimate of drug-likeness (QED) is 0.448. The molecule has 66 valence electrons. The normalized spacial score (nSPS) is 11.2. The van der Waals surface area contributed by atoms with Crippen LogP contribution in [0, 0.1) is 5.41 Å². The Morgan fingerprint density at radius 2 is 1.91 bits per heavy atom. The van der Waals surface area contributed by atoms with Crippen LogP contribution in [0.5, 0.6) is 0 Å². The lowest BCUT2D eigenvalue weighted by Crippen LogP contribution is -2.16. The van der Waals surface area contributed by atoms with Crippen LogP contribution in [-0.2, 0) is 14.3 Å². The molecular weight excluding hydrogens is 144 g/mol. The van der Waals surface area contributed by atoms with Crippen molar-refractivity contribution in [2.75, 3.05) is 19.8 Å². The third-order valence-corrected chi connectivity index (χ3v) is 0.949. The molecule has 0 rings (SSSR count). The van der Waals surface area contributed by atoms with Gasteiger partial charge >= 0.3 is 0 Å². The van der Waals surface area contributed by atoms with Crippen molar-refractivity contribution in [1.29, 1.82) is 0 Å². The van der Waals surface area contributed by atoms with E-state index in [2.05, 4.69) is 25.5 Å². The molecule has 0 aliphatic heterocycles. The van der Waals surface area contributed by atoms with Crippen LogP contribution in [0.3, 0.4) is 0 Å². The lowest BCUT2D eigenvalue weighted by Gasteiger charge is -2.17. The van der Waals surface area contributed by atoms with Gasteiger partial charge in [-0.3, -0.25) is 4.79 Å². The minimum atomic E-state index is 0.182. The summed E-state index contributed by atoms with van der Waals surface area (Å²) in [6.07, 6.45) is 0. The van der Waals surface area contributed by atoms with E-state index in [-0.39, 0.29) is 5.41 Å². The molecule has 0 aromatic rings. The van der Waals surface area contributed by atoms with Gasteiger partial charge in [0.2, 0.25) is 0 Å². The third-order valence-electron chi connectivity index (χ3n) is 0.949. The largest absolute Gasteiger partial charge is 0.465 e. The Bertz CT molecular complexity index is 104. The second-order valence-electron chi connectivity index (χ2n) is 3.58. The predicted octanol–water partition coefficient (Wildman–Crippen LogP) is 1.22. The molecule has 11 heavy (non-hydrogen) atoms. The summed E-state index contributed by atoms with van der Waals surface area (Å²) in [5.41, 5.74) is 0.182. The summed E-state index contributed by atoms with van der Waals surface area (Å²) in [7, 11) is 0. The van der Waals surface area contributed by atoms with Crippen molar-refractivity contribution in [2.24, 2.45) is 5.41 Å². The van der Waals surface area contributed by atoms with E-state index in [0.29, 0.717) is 26.3 Å². The van der Waals surface area contributed by atoms with E-state index in [1.54, 1.807) is 0 Å². The number of carbonyl (C=O) groups excluding carboxylic acids is 1. The second kappa shape index (κ2) is 5.13. The maximum Gasteiger partial charge on any atom is 0.293 e. The number of carbonyl (C=O) groups is 1. The van der Waals surface area contributed by atoms with Crippen LogP contribution in [0.4, 0.5) is 0 Å². The molecule has 0 aromatic heterocycles. The van der Waals surface area contributed by atoms with E-state index in [1.807, 2.05) is 0 Å². The molecule has 3 nitrogen and oxygen atoms in total. The van der Waals surface area contributed by atoms with Crippen LogP contribution in [-0.4, -0.2) is 26.3 Å². The van der Waals surface area contributed by atoms with E-state index < -0.39 is 0 Å². The molecule has 0 saturated heterocycles. The van der Waals surface area contributed by atoms with Crippen LogP contribution >= 0.6 is 0 Å². The Kier molecular flexibility index (Phi) is 4.86. The number of hydrogen-bond donors (Lipinski definition) is 0. The highest BCUT2D eigenvalue weighted by molar-refractivity contribution is 5.36. The van der Waals surface area contributed by atoms with Crippen molar-refractivity contribution in [3.05, 3.63) is 0 Å². The zero-order valence-corrected chi connectivity index (χ0v) is 7.42. The molecule has 0 unspecified atom stereocenters. The predicted molar refractivity (Wildman–Crippen MR) is 42.3 cm³/mol. The minimum Gasteiger partial charge on any atom is -0.465 e. The molecule has 0 saturated carbocycles. The maximum absolute atomic E-state index is 9.69. The van der Waals surface area contributed by atoms with Crippen molar-refractivity contribution >= 4 is 6.47 Å². The average Bonchev–Trinajstić information content (AvgIpc) is 1.85. The monoisotopic (exact) mass is 160 g/mol. The summed E-state index contributed by atoms with van der Waals surface area (Å²) in [6, 6.07) is 0. The van der Waals surface area contributed by atoms with Crippen LogP contribution in [0.2, 0.25) is 0 Å². The van der Waals surface area contributed by atoms with Gasteiger partial charge in [-0.05, 0) is 5.41 Å². The van der Waals surface area contributed by atoms with Gasteiger partial charge in [-0.2, -0.15) is 0 Å². The Balaban J connectivity index is 3.08. The van der Waals surface area contributed by atoms with Crippen LogP contribution < -0.4 is 0 Å². The van der Waals surface area contributed by atoms with E-state index >= 15 is 0 Å². The molecule has 0 amide bonds. The molecule has 0 aliphatic rings. The standard InChI is InChI=1S/C8H16O3/c1-8(2,3)6-10-4-5-11-7-9/h7H,4-6H2,1-3H3. The van der Waals surface area contributed by atoms with Crippen molar-refractivity contribution < 1.29 is 14.3 Å². The summed E-state index contributed by atoms with van der Waals surface area (Å²) < 4.78 is 9.66. The van der Waals surface area contributed by atoms with Gasteiger partial charge in [0, 0.05) is 0 Å². The Hall–Kier alpha value is -0.570. The van der Waals surface area contributed by atoms with Gasteiger partial charge in [-0.1, -0.05) is 20.8 Å². The lowest BCUT2D eigenvalue weighted by molar-refractivity contribution is -0.130. The Morgan fingerprint density at radius 1 is 1.27 bits per heavy atom. The van der Waals surface area contributed by atoms with E-state index in [4.69, 9.17) is 4.74 Å². The second-order valence-corrected chi connectivity index (χ2v) is 3.58. The van der Waals surface area contributed by atoms with Gasteiger partial charge in [0.15, 0.2) is 0 Å². The third kappa shape index (κ3) is 9.43. The van der Waals surface area contributed by atoms with E-state index in [9.17, 15) is 4.79 Å². The molecule has 0 N–H and O–H groups in total. The molecule has 3 heteroatoms. The summed E-state index contributed by atoms with van der Waals surface area (Å²) >= 11 is 0. The van der Waals surface area contributed by atoms with E-state index in [0.717, 1.165) is 0 Å². The van der Waals surface area contributed by atoms with Crippen molar-refractivity contribution in [3.8, 4) is 0 Å². The zero-order chi connectivity index (χ0) is 8.74. The van der Waals surface area contributed by atoms with Gasteiger partial charge in [-0.15, -0.1) is 0 Å². The fraction of sp³-hybridized carbons (Fsp3) is 0.875. The lowest BCUT2D eigenvalue weighted by atomic mass is 9.99. The van der Waals surface area contributed by atoms with Gasteiger partial charge in [0.1, 0.15) is 6.61 Å². The van der Waals surface area contributed by atoms with Gasteiger partial charge in [-0.25, -0.2) is 0 Å². The molecule has 0 radical (unpaired) electrons. The highest BCUT2D eigenvalue weighted by atomic mass is 16.5. The number of ether oxygens (including phenoxy) is 2. The minimum absolute atomic E-state index is 0.182. The molecule has 0 aliphatic carbocycles. The first-order valence-corrected chi connectivity index (χ1v) is 3.69. The molecule has 0 aromatic carbocycles. The smallest absolute Gasteiger partial charge is 0.293 e.